The van der Waals surface area contributed by atoms with Gasteiger partial charge in [-0.2, -0.15) is 0 Å². The minimum atomic E-state index is 0.0227. The molecule has 0 amide bonds. The summed E-state index contributed by atoms with van der Waals surface area (Å²) in [5.74, 6) is 0. The lowest BCUT2D eigenvalue weighted by Gasteiger charge is -2.42. The molecule has 1 heterocycles. The van der Waals surface area contributed by atoms with Gasteiger partial charge >= 0.3 is 0 Å². The monoisotopic (exact) mass is 267 g/mol. The lowest BCUT2D eigenvalue weighted by atomic mass is 9.97. The molecule has 3 atom stereocenters. The predicted molar refractivity (Wildman–Crippen MR) is 77.3 cm³/mol. The van der Waals surface area contributed by atoms with Gasteiger partial charge in [-0.3, -0.25) is 4.90 Å². The standard InChI is InChI=1S/C15H29N3O/c1-12-10-17(2)7-8-18(12)14-5-6-15(9-14,11-19)16-13-3-4-13/h12-14,16,19H,3-11H2,1-2H3. The number of likely N-dealkylation sites (N-methyl/N-ethyl adjacent to an activating group) is 1. The lowest BCUT2D eigenvalue weighted by molar-refractivity contribution is 0.0562. The summed E-state index contributed by atoms with van der Waals surface area (Å²) in [6.45, 7) is 6.21. The number of aliphatic hydroxyl groups is 1. The summed E-state index contributed by atoms with van der Waals surface area (Å²) in [7, 11) is 2.22. The maximum Gasteiger partial charge on any atom is 0.0614 e. The van der Waals surface area contributed by atoms with Crippen LogP contribution in [0.3, 0.4) is 0 Å². The molecule has 0 aromatic heterocycles. The molecule has 110 valence electrons. The van der Waals surface area contributed by atoms with Gasteiger partial charge in [-0.15, -0.1) is 0 Å². The number of rotatable bonds is 4. The van der Waals surface area contributed by atoms with Crippen molar-refractivity contribution in [1.82, 2.24) is 15.1 Å². The van der Waals surface area contributed by atoms with Crippen LogP contribution in [0.4, 0.5) is 0 Å². The van der Waals surface area contributed by atoms with Crippen molar-refractivity contribution in [2.75, 3.05) is 33.3 Å². The Hall–Kier alpha value is -0.160. The molecule has 3 unspecified atom stereocenters. The predicted octanol–water partition coefficient (Wildman–Crippen LogP) is 0.658. The molecule has 0 radical (unpaired) electrons. The molecule has 1 aliphatic heterocycles. The van der Waals surface area contributed by atoms with Crippen molar-refractivity contribution in [1.29, 1.82) is 0 Å². The summed E-state index contributed by atoms with van der Waals surface area (Å²) >= 11 is 0. The minimum Gasteiger partial charge on any atom is -0.394 e. The van der Waals surface area contributed by atoms with Crippen molar-refractivity contribution < 1.29 is 5.11 Å². The average Bonchev–Trinajstić information content (AvgIpc) is 3.08. The van der Waals surface area contributed by atoms with E-state index >= 15 is 0 Å². The molecule has 0 bridgehead atoms. The van der Waals surface area contributed by atoms with Gasteiger partial charge < -0.3 is 15.3 Å². The first-order valence-electron chi connectivity index (χ1n) is 7.95. The van der Waals surface area contributed by atoms with Gasteiger partial charge in [-0.25, -0.2) is 0 Å². The van der Waals surface area contributed by atoms with Crippen LogP contribution in [0.25, 0.3) is 0 Å². The normalized spacial score (nSPS) is 41.8. The Labute approximate surface area is 117 Å². The van der Waals surface area contributed by atoms with Gasteiger partial charge in [-0.1, -0.05) is 0 Å². The highest BCUT2D eigenvalue weighted by Crippen LogP contribution is 2.37. The minimum absolute atomic E-state index is 0.0227. The van der Waals surface area contributed by atoms with E-state index in [1.54, 1.807) is 0 Å². The second-order valence-corrected chi connectivity index (χ2v) is 7.10. The fraction of sp³-hybridized carbons (Fsp3) is 1.00. The highest BCUT2D eigenvalue weighted by molar-refractivity contribution is 5.04. The second kappa shape index (κ2) is 5.32. The first-order valence-corrected chi connectivity index (χ1v) is 7.95. The number of piperazine rings is 1. The third-order valence-electron chi connectivity index (χ3n) is 5.32. The molecule has 2 saturated carbocycles. The van der Waals surface area contributed by atoms with Crippen LogP contribution in [0.15, 0.2) is 0 Å². The van der Waals surface area contributed by atoms with Gasteiger partial charge in [0.05, 0.1) is 6.61 Å². The van der Waals surface area contributed by atoms with Crippen molar-refractivity contribution >= 4 is 0 Å². The molecule has 0 spiro atoms. The van der Waals surface area contributed by atoms with E-state index in [9.17, 15) is 5.11 Å². The fourth-order valence-corrected chi connectivity index (χ4v) is 4.06. The smallest absolute Gasteiger partial charge is 0.0614 e. The highest BCUT2D eigenvalue weighted by Gasteiger charge is 2.44. The van der Waals surface area contributed by atoms with Crippen LogP contribution in [0.2, 0.25) is 0 Å². The highest BCUT2D eigenvalue weighted by atomic mass is 16.3. The second-order valence-electron chi connectivity index (χ2n) is 7.10. The van der Waals surface area contributed by atoms with Crippen molar-refractivity contribution in [2.45, 2.75) is 62.7 Å². The van der Waals surface area contributed by atoms with Crippen LogP contribution >= 0.6 is 0 Å². The molecule has 0 aromatic rings. The molecule has 2 N–H and O–H groups in total. The number of nitrogens with zero attached hydrogens (tertiary/aromatic N) is 2. The number of hydrogen-bond acceptors (Lipinski definition) is 4. The van der Waals surface area contributed by atoms with E-state index in [4.69, 9.17) is 0 Å². The molecular formula is C15H29N3O. The van der Waals surface area contributed by atoms with Crippen LogP contribution in [0.1, 0.15) is 39.0 Å². The molecule has 2 aliphatic carbocycles. The van der Waals surface area contributed by atoms with Crippen LogP contribution in [-0.2, 0) is 0 Å². The topological polar surface area (TPSA) is 38.7 Å². The molecule has 3 rings (SSSR count). The first kappa shape index (κ1) is 13.8. The zero-order valence-corrected chi connectivity index (χ0v) is 12.4. The maximum absolute atomic E-state index is 9.83. The van der Waals surface area contributed by atoms with E-state index in [-0.39, 0.29) is 5.54 Å². The molecule has 3 aliphatic rings. The summed E-state index contributed by atoms with van der Waals surface area (Å²) in [5.41, 5.74) is 0.0227. The molecular weight excluding hydrogens is 238 g/mol. The average molecular weight is 267 g/mol. The third-order valence-corrected chi connectivity index (χ3v) is 5.32. The number of hydrogen-bond donors (Lipinski definition) is 2. The van der Waals surface area contributed by atoms with Crippen molar-refractivity contribution in [2.24, 2.45) is 0 Å². The fourth-order valence-electron chi connectivity index (χ4n) is 4.06. The molecule has 4 nitrogen and oxygen atoms in total. The van der Waals surface area contributed by atoms with Gasteiger partial charge in [0.1, 0.15) is 0 Å². The Balaban J connectivity index is 1.60. The summed E-state index contributed by atoms with van der Waals surface area (Å²) in [6.07, 6.45) is 6.13. The Morgan fingerprint density at radius 1 is 1.26 bits per heavy atom. The van der Waals surface area contributed by atoms with Gasteiger partial charge in [0, 0.05) is 43.3 Å². The zero-order valence-electron chi connectivity index (χ0n) is 12.4. The Morgan fingerprint density at radius 2 is 2.05 bits per heavy atom. The quantitative estimate of drug-likeness (QED) is 0.785. The Kier molecular flexibility index (Phi) is 3.87. The number of nitrogens with one attached hydrogen (secondary N) is 1. The molecule has 1 saturated heterocycles. The summed E-state index contributed by atoms with van der Waals surface area (Å²) in [6, 6.07) is 2.01. The van der Waals surface area contributed by atoms with Crippen LogP contribution in [0, 0.1) is 0 Å². The van der Waals surface area contributed by atoms with E-state index in [2.05, 4.69) is 29.1 Å². The molecule has 19 heavy (non-hydrogen) atoms. The lowest BCUT2D eigenvalue weighted by Crippen LogP contribution is -2.55. The largest absolute Gasteiger partial charge is 0.394 e. The van der Waals surface area contributed by atoms with Crippen LogP contribution in [0.5, 0.6) is 0 Å². The maximum atomic E-state index is 9.83. The summed E-state index contributed by atoms with van der Waals surface area (Å²) in [5, 5.41) is 13.5. The van der Waals surface area contributed by atoms with Crippen LogP contribution < -0.4 is 5.32 Å². The van der Waals surface area contributed by atoms with Crippen molar-refractivity contribution in [3.8, 4) is 0 Å². The summed E-state index contributed by atoms with van der Waals surface area (Å²) in [4.78, 5) is 5.11. The molecule has 0 aromatic carbocycles. The zero-order chi connectivity index (χ0) is 13.5. The molecule has 3 fully saturated rings. The van der Waals surface area contributed by atoms with E-state index < -0.39 is 0 Å². The Morgan fingerprint density at radius 3 is 2.68 bits per heavy atom. The SMILES string of the molecule is CC1CN(C)CCN1C1CCC(CO)(NC2CC2)C1. The van der Waals surface area contributed by atoms with Gasteiger partial charge in [-0.05, 0) is 46.1 Å². The van der Waals surface area contributed by atoms with Gasteiger partial charge in [0.15, 0.2) is 0 Å². The van der Waals surface area contributed by atoms with Crippen molar-refractivity contribution in [3.05, 3.63) is 0 Å². The number of aliphatic hydroxyl groups excluding tert-OH is 1. The van der Waals surface area contributed by atoms with Gasteiger partial charge in [0.25, 0.3) is 0 Å². The Bertz CT molecular complexity index is 321. The first-order chi connectivity index (χ1) is 9.12. The van der Waals surface area contributed by atoms with Crippen molar-refractivity contribution in [3.63, 3.8) is 0 Å². The third kappa shape index (κ3) is 2.97. The van der Waals surface area contributed by atoms with E-state index in [1.165, 1.54) is 38.9 Å². The summed E-state index contributed by atoms with van der Waals surface area (Å²) < 4.78 is 0. The molecule has 4 heteroatoms. The van der Waals surface area contributed by atoms with E-state index in [0.717, 1.165) is 12.8 Å². The van der Waals surface area contributed by atoms with E-state index in [1.807, 2.05) is 0 Å². The van der Waals surface area contributed by atoms with Gasteiger partial charge in [0.2, 0.25) is 0 Å². The van der Waals surface area contributed by atoms with E-state index in [0.29, 0.717) is 24.7 Å². The van der Waals surface area contributed by atoms with Crippen LogP contribution in [-0.4, -0.2) is 71.9 Å².